The summed E-state index contributed by atoms with van der Waals surface area (Å²) in [5.74, 6) is 1.27. The summed E-state index contributed by atoms with van der Waals surface area (Å²) in [6, 6.07) is 5.55. The molecule has 0 fully saturated rings. The molecule has 0 N–H and O–H groups in total. The van der Waals surface area contributed by atoms with E-state index < -0.39 is 5.63 Å². The van der Waals surface area contributed by atoms with Gasteiger partial charge < -0.3 is 18.6 Å². The van der Waals surface area contributed by atoms with E-state index in [4.69, 9.17) is 18.6 Å². The summed E-state index contributed by atoms with van der Waals surface area (Å²) in [5, 5.41) is 0.721. The van der Waals surface area contributed by atoms with E-state index in [1.54, 1.807) is 6.07 Å². The molecule has 2 rings (SSSR count). The molecule has 40 heavy (non-hydrogen) atoms. The van der Waals surface area contributed by atoms with E-state index in [1.165, 1.54) is 49.7 Å². The van der Waals surface area contributed by atoms with Gasteiger partial charge in [0, 0.05) is 6.07 Å². The SMILES string of the molecule is CCC=CCCOc1c(OCCCCCCCCCC)c2ccc(OCC=C(C)CCC=C(C)C)cc2oc1=O. The highest BCUT2D eigenvalue weighted by Crippen LogP contribution is 2.35. The lowest BCUT2D eigenvalue weighted by molar-refractivity contribution is 0.258. The first-order chi connectivity index (χ1) is 19.5. The second-order valence-corrected chi connectivity index (χ2v) is 10.7. The fourth-order valence-electron chi connectivity index (χ4n) is 4.39. The summed E-state index contributed by atoms with van der Waals surface area (Å²) < 4.78 is 23.7. The van der Waals surface area contributed by atoms with Gasteiger partial charge in [0.05, 0.1) is 18.6 Å². The topological polar surface area (TPSA) is 57.9 Å². The Hall–Kier alpha value is -2.95. The molecule has 0 spiro atoms. The number of ether oxygens (including phenoxy) is 3. The van der Waals surface area contributed by atoms with Crippen LogP contribution in [0.1, 0.15) is 112 Å². The van der Waals surface area contributed by atoms with Crippen molar-refractivity contribution in [2.45, 2.75) is 112 Å². The third kappa shape index (κ3) is 12.9. The third-order valence-electron chi connectivity index (χ3n) is 6.74. The van der Waals surface area contributed by atoms with E-state index in [1.807, 2.05) is 12.1 Å². The number of unbranched alkanes of at least 4 members (excludes halogenated alkanes) is 7. The molecule has 222 valence electrons. The minimum atomic E-state index is -0.523. The predicted octanol–water partition coefficient (Wildman–Crippen LogP) is 10.1. The van der Waals surface area contributed by atoms with Crippen LogP contribution in [0.2, 0.25) is 0 Å². The highest BCUT2D eigenvalue weighted by atomic mass is 16.5. The predicted molar refractivity (Wildman–Crippen MR) is 168 cm³/mol. The highest BCUT2D eigenvalue weighted by molar-refractivity contribution is 5.86. The van der Waals surface area contributed by atoms with Gasteiger partial charge in [-0.15, -0.1) is 0 Å². The molecule has 0 aliphatic heterocycles. The maximum absolute atomic E-state index is 13.0. The highest BCUT2D eigenvalue weighted by Gasteiger charge is 2.18. The van der Waals surface area contributed by atoms with Crippen LogP contribution in [-0.4, -0.2) is 19.8 Å². The van der Waals surface area contributed by atoms with Crippen molar-refractivity contribution in [1.82, 2.24) is 0 Å². The van der Waals surface area contributed by atoms with Crippen molar-refractivity contribution in [3.05, 3.63) is 64.1 Å². The van der Waals surface area contributed by atoms with E-state index >= 15 is 0 Å². The van der Waals surface area contributed by atoms with Gasteiger partial charge in [0.1, 0.15) is 17.9 Å². The summed E-state index contributed by atoms with van der Waals surface area (Å²) in [5.41, 5.74) is 2.54. The molecule has 0 radical (unpaired) electrons. The van der Waals surface area contributed by atoms with Crippen LogP contribution in [0.5, 0.6) is 17.2 Å². The smallest absolute Gasteiger partial charge is 0.383 e. The minimum absolute atomic E-state index is 0.153. The molecular formula is C35H52O5. The van der Waals surface area contributed by atoms with Crippen molar-refractivity contribution in [1.29, 1.82) is 0 Å². The monoisotopic (exact) mass is 552 g/mol. The molecule has 1 aromatic heterocycles. The number of hydrogen-bond acceptors (Lipinski definition) is 5. The summed E-state index contributed by atoms with van der Waals surface area (Å²) in [4.78, 5) is 13.0. The Labute approximate surface area is 242 Å². The molecule has 0 aliphatic carbocycles. The van der Waals surface area contributed by atoms with Crippen LogP contribution < -0.4 is 19.8 Å². The minimum Gasteiger partial charge on any atom is -0.489 e. The second-order valence-electron chi connectivity index (χ2n) is 10.7. The molecule has 0 bridgehead atoms. The van der Waals surface area contributed by atoms with Crippen molar-refractivity contribution in [2.24, 2.45) is 0 Å². The lowest BCUT2D eigenvalue weighted by atomic mass is 10.1. The van der Waals surface area contributed by atoms with E-state index in [2.05, 4.69) is 58.9 Å². The van der Waals surface area contributed by atoms with Crippen LogP contribution in [0.4, 0.5) is 0 Å². The first-order valence-electron chi connectivity index (χ1n) is 15.4. The van der Waals surface area contributed by atoms with Crippen molar-refractivity contribution >= 4 is 11.0 Å². The zero-order chi connectivity index (χ0) is 29.0. The average Bonchev–Trinajstić information content (AvgIpc) is 2.92. The fourth-order valence-corrected chi connectivity index (χ4v) is 4.39. The van der Waals surface area contributed by atoms with Gasteiger partial charge in [-0.25, -0.2) is 4.79 Å². The molecule has 5 heteroatoms. The average molecular weight is 553 g/mol. The Morgan fingerprint density at radius 3 is 2.25 bits per heavy atom. The number of benzene rings is 1. The second kappa shape index (κ2) is 20.0. The van der Waals surface area contributed by atoms with E-state index in [9.17, 15) is 4.79 Å². The van der Waals surface area contributed by atoms with E-state index in [-0.39, 0.29) is 5.75 Å². The van der Waals surface area contributed by atoms with Crippen molar-refractivity contribution < 1.29 is 18.6 Å². The van der Waals surface area contributed by atoms with E-state index in [0.29, 0.717) is 36.9 Å². The van der Waals surface area contributed by atoms with Crippen LogP contribution in [0, 0.1) is 0 Å². The van der Waals surface area contributed by atoms with Crippen molar-refractivity contribution in [3.63, 3.8) is 0 Å². The zero-order valence-corrected chi connectivity index (χ0v) is 25.7. The molecule has 0 aliphatic rings. The largest absolute Gasteiger partial charge is 0.489 e. The maximum atomic E-state index is 13.0. The van der Waals surface area contributed by atoms with Gasteiger partial charge in [-0.2, -0.15) is 0 Å². The normalized spacial score (nSPS) is 11.8. The van der Waals surface area contributed by atoms with Crippen LogP contribution in [0.25, 0.3) is 11.0 Å². The fraction of sp³-hybridized carbons (Fsp3) is 0.571. The van der Waals surface area contributed by atoms with Gasteiger partial charge in [-0.3, -0.25) is 0 Å². The summed E-state index contributed by atoms with van der Waals surface area (Å²) in [6.45, 7) is 12.1. The molecule has 0 saturated carbocycles. The Morgan fingerprint density at radius 1 is 0.800 bits per heavy atom. The Balaban J connectivity index is 2.09. The van der Waals surface area contributed by atoms with Crippen LogP contribution in [0.3, 0.4) is 0 Å². The lowest BCUT2D eigenvalue weighted by Gasteiger charge is -2.14. The number of fused-ring (bicyclic) bond motifs is 1. The lowest BCUT2D eigenvalue weighted by Crippen LogP contribution is -2.11. The molecule has 5 nitrogen and oxygen atoms in total. The maximum Gasteiger partial charge on any atom is 0.383 e. The number of rotatable bonds is 21. The number of allylic oxidation sites excluding steroid dienone is 4. The van der Waals surface area contributed by atoms with Crippen molar-refractivity contribution in [2.75, 3.05) is 19.8 Å². The molecule has 0 unspecified atom stereocenters. The standard InChI is InChI=1S/C35H52O5/c1-6-8-10-12-13-14-15-17-24-38-33-31-22-21-30(37-26-23-29(5)20-18-19-28(3)4)27-32(31)40-35(36)34(33)39-25-16-11-9-7-2/h9,11,19,21-23,27H,6-8,10,12-18,20,24-26H2,1-5H3. The van der Waals surface area contributed by atoms with Gasteiger partial charge in [0.25, 0.3) is 0 Å². The van der Waals surface area contributed by atoms with Gasteiger partial charge in [-0.1, -0.05) is 88.2 Å². The third-order valence-corrected chi connectivity index (χ3v) is 6.74. The van der Waals surface area contributed by atoms with Gasteiger partial charge >= 0.3 is 5.63 Å². The van der Waals surface area contributed by atoms with Crippen LogP contribution >= 0.6 is 0 Å². The van der Waals surface area contributed by atoms with Gasteiger partial charge in [-0.05, 0) is 71.1 Å². The van der Waals surface area contributed by atoms with Crippen LogP contribution in [-0.2, 0) is 0 Å². The molecule has 1 aromatic carbocycles. The van der Waals surface area contributed by atoms with E-state index in [0.717, 1.165) is 43.9 Å². The molecular weight excluding hydrogens is 500 g/mol. The Kier molecular flexibility index (Phi) is 16.6. The van der Waals surface area contributed by atoms with Gasteiger partial charge in [0.15, 0.2) is 5.75 Å². The molecule has 0 saturated heterocycles. The van der Waals surface area contributed by atoms with Crippen LogP contribution in [0.15, 0.2) is 62.9 Å². The summed E-state index contributed by atoms with van der Waals surface area (Å²) in [7, 11) is 0. The zero-order valence-electron chi connectivity index (χ0n) is 25.7. The molecule has 2 aromatic rings. The first-order valence-corrected chi connectivity index (χ1v) is 15.4. The Bertz CT molecular complexity index is 1130. The Morgan fingerprint density at radius 2 is 1.52 bits per heavy atom. The number of hydrogen-bond donors (Lipinski definition) is 0. The molecule has 0 amide bonds. The quantitative estimate of drug-likeness (QED) is 0.0876. The van der Waals surface area contributed by atoms with Gasteiger partial charge in [0.2, 0.25) is 5.75 Å². The molecule has 0 atom stereocenters. The summed E-state index contributed by atoms with van der Waals surface area (Å²) >= 11 is 0. The van der Waals surface area contributed by atoms with Crippen molar-refractivity contribution in [3.8, 4) is 17.2 Å². The summed E-state index contributed by atoms with van der Waals surface area (Å²) in [6.07, 6.45) is 22.0. The molecule has 1 heterocycles. The first kappa shape index (κ1) is 33.3.